The van der Waals surface area contributed by atoms with Crippen LogP contribution in [0.5, 0.6) is 0 Å². The summed E-state index contributed by atoms with van der Waals surface area (Å²) in [5, 5.41) is 13.8. The largest absolute Gasteiger partial charge is 0.380 e. The standard InChI is InChI=1S/C28H30N6O2/c1-32(21-7-3-2-4-8-21)28(36)24-11-12-25(23-10-5-14-30-27(23)24)31-20-13-16-33(18-20)19-26(35)34-15-6-9-22(34)17-29/h2-5,7-8,10-12,14,20,22,31H,6,9,13,15-16,18-19H2,1H3/t20-,22-/m0/s1. The van der Waals surface area contributed by atoms with Gasteiger partial charge >= 0.3 is 0 Å². The topological polar surface area (TPSA) is 92.6 Å². The number of nitrogens with zero attached hydrogens (tertiary/aromatic N) is 5. The van der Waals surface area contributed by atoms with Crippen molar-refractivity contribution < 1.29 is 9.59 Å². The van der Waals surface area contributed by atoms with Crippen molar-refractivity contribution in [1.29, 1.82) is 5.26 Å². The first-order valence-corrected chi connectivity index (χ1v) is 12.4. The van der Waals surface area contributed by atoms with Crippen LogP contribution in [0.1, 0.15) is 29.6 Å². The highest BCUT2D eigenvalue weighted by Gasteiger charge is 2.31. The van der Waals surface area contributed by atoms with Gasteiger partial charge in [-0.3, -0.25) is 19.5 Å². The number of hydrogen-bond donors (Lipinski definition) is 1. The average molecular weight is 483 g/mol. The molecule has 1 N–H and O–H groups in total. The van der Waals surface area contributed by atoms with E-state index in [2.05, 4.69) is 21.3 Å². The number of rotatable bonds is 6. The van der Waals surface area contributed by atoms with E-state index < -0.39 is 0 Å². The molecule has 3 aromatic rings. The highest BCUT2D eigenvalue weighted by atomic mass is 16.2. The second-order valence-electron chi connectivity index (χ2n) is 9.50. The molecule has 184 valence electrons. The molecule has 8 nitrogen and oxygen atoms in total. The van der Waals surface area contributed by atoms with Gasteiger partial charge in [-0.25, -0.2) is 0 Å². The summed E-state index contributed by atoms with van der Waals surface area (Å²) >= 11 is 0. The zero-order valence-electron chi connectivity index (χ0n) is 20.4. The highest BCUT2D eigenvalue weighted by molar-refractivity contribution is 6.14. The number of para-hydroxylation sites is 1. The van der Waals surface area contributed by atoms with Gasteiger partial charge in [0.1, 0.15) is 6.04 Å². The number of aromatic nitrogens is 1. The van der Waals surface area contributed by atoms with E-state index in [1.54, 1.807) is 23.0 Å². The summed E-state index contributed by atoms with van der Waals surface area (Å²) < 4.78 is 0. The second kappa shape index (κ2) is 10.3. The first-order chi connectivity index (χ1) is 17.5. The fourth-order valence-corrected chi connectivity index (χ4v) is 5.22. The number of benzene rings is 2. The number of anilines is 2. The summed E-state index contributed by atoms with van der Waals surface area (Å²) in [6.07, 6.45) is 4.29. The van der Waals surface area contributed by atoms with Crippen molar-refractivity contribution in [2.45, 2.75) is 31.3 Å². The summed E-state index contributed by atoms with van der Waals surface area (Å²) in [6, 6.07) is 19.4. The number of fused-ring (bicyclic) bond motifs is 1. The van der Waals surface area contributed by atoms with Crippen LogP contribution in [-0.2, 0) is 4.79 Å². The third-order valence-corrected chi connectivity index (χ3v) is 7.16. The molecule has 5 rings (SSSR count). The van der Waals surface area contributed by atoms with Gasteiger partial charge in [-0.15, -0.1) is 0 Å². The lowest BCUT2D eigenvalue weighted by Gasteiger charge is -2.23. The van der Waals surface area contributed by atoms with E-state index in [0.717, 1.165) is 49.1 Å². The molecule has 2 amide bonds. The highest BCUT2D eigenvalue weighted by Crippen LogP contribution is 2.29. The molecule has 2 aromatic carbocycles. The van der Waals surface area contributed by atoms with E-state index in [1.165, 1.54) is 0 Å². The zero-order chi connectivity index (χ0) is 25.1. The van der Waals surface area contributed by atoms with E-state index in [9.17, 15) is 14.9 Å². The van der Waals surface area contributed by atoms with Crippen LogP contribution in [0.25, 0.3) is 10.9 Å². The Morgan fingerprint density at radius 3 is 2.75 bits per heavy atom. The van der Waals surface area contributed by atoms with Gasteiger partial charge in [0.05, 0.1) is 23.7 Å². The number of amides is 2. The number of hydrogen-bond acceptors (Lipinski definition) is 6. The number of carbonyl (C=O) groups excluding carboxylic acids is 2. The summed E-state index contributed by atoms with van der Waals surface area (Å²) in [5.41, 5.74) is 2.97. The van der Waals surface area contributed by atoms with Crippen molar-refractivity contribution in [2.75, 3.05) is 43.4 Å². The molecule has 8 heteroatoms. The Morgan fingerprint density at radius 2 is 1.94 bits per heavy atom. The minimum Gasteiger partial charge on any atom is -0.380 e. The first-order valence-electron chi connectivity index (χ1n) is 12.4. The van der Waals surface area contributed by atoms with Crippen LogP contribution in [0, 0.1) is 11.3 Å². The monoisotopic (exact) mass is 482 g/mol. The lowest BCUT2D eigenvalue weighted by molar-refractivity contribution is -0.132. The van der Waals surface area contributed by atoms with Crippen molar-refractivity contribution in [2.24, 2.45) is 0 Å². The Labute approximate surface area is 211 Å². The maximum atomic E-state index is 13.3. The fraction of sp³-hybridized carbons (Fsp3) is 0.357. The van der Waals surface area contributed by atoms with Gasteiger partial charge in [0.2, 0.25) is 5.91 Å². The van der Waals surface area contributed by atoms with Crippen molar-refractivity contribution in [1.82, 2.24) is 14.8 Å². The number of nitriles is 1. The Morgan fingerprint density at radius 1 is 1.11 bits per heavy atom. The van der Waals surface area contributed by atoms with Crippen LogP contribution in [0.4, 0.5) is 11.4 Å². The molecule has 0 saturated carbocycles. The van der Waals surface area contributed by atoms with Crippen molar-refractivity contribution in [3.8, 4) is 6.07 Å². The molecule has 36 heavy (non-hydrogen) atoms. The third-order valence-electron chi connectivity index (χ3n) is 7.16. The maximum absolute atomic E-state index is 13.3. The molecular formula is C28H30N6O2. The summed E-state index contributed by atoms with van der Waals surface area (Å²) in [5.74, 6) is -0.0701. The van der Waals surface area contributed by atoms with Gasteiger partial charge in [-0.2, -0.15) is 5.26 Å². The number of nitrogens with one attached hydrogen (secondary N) is 1. The van der Waals surface area contributed by atoms with Gasteiger partial charge in [0.25, 0.3) is 5.91 Å². The number of carbonyl (C=O) groups is 2. The predicted molar refractivity (Wildman–Crippen MR) is 140 cm³/mol. The minimum atomic E-state index is -0.282. The van der Waals surface area contributed by atoms with Crippen LogP contribution < -0.4 is 10.2 Å². The molecule has 2 atom stereocenters. The van der Waals surface area contributed by atoms with E-state index in [4.69, 9.17) is 0 Å². The summed E-state index contributed by atoms with van der Waals surface area (Å²) in [7, 11) is 1.77. The third kappa shape index (κ3) is 4.75. The molecule has 2 fully saturated rings. The quantitative estimate of drug-likeness (QED) is 0.578. The minimum absolute atomic E-state index is 0.0414. The fourth-order valence-electron chi connectivity index (χ4n) is 5.22. The van der Waals surface area contributed by atoms with Crippen molar-refractivity contribution in [3.05, 3.63) is 66.4 Å². The SMILES string of the molecule is CN(C(=O)c1ccc(N[C@H]2CCN(CC(=O)N3CCC[C@H]3C#N)C2)c2cccnc12)c1ccccc1. The van der Waals surface area contributed by atoms with E-state index >= 15 is 0 Å². The lowest BCUT2D eigenvalue weighted by Crippen LogP contribution is -2.42. The van der Waals surface area contributed by atoms with Gasteiger partial charge in [-0.1, -0.05) is 18.2 Å². The zero-order valence-corrected chi connectivity index (χ0v) is 20.4. The van der Waals surface area contributed by atoms with E-state index in [0.29, 0.717) is 24.2 Å². The normalized spacial score (nSPS) is 19.8. The van der Waals surface area contributed by atoms with Crippen LogP contribution in [0.3, 0.4) is 0 Å². The number of likely N-dealkylation sites (tertiary alicyclic amines) is 2. The lowest BCUT2D eigenvalue weighted by atomic mass is 10.1. The molecule has 0 unspecified atom stereocenters. The molecule has 2 aliphatic heterocycles. The van der Waals surface area contributed by atoms with Crippen LogP contribution in [-0.4, -0.2) is 71.9 Å². The van der Waals surface area contributed by atoms with Crippen LogP contribution in [0.2, 0.25) is 0 Å². The number of pyridine rings is 1. The molecule has 0 spiro atoms. The smallest absolute Gasteiger partial charge is 0.260 e. The summed E-state index contributed by atoms with van der Waals surface area (Å²) in [4.78, 5) is 36.1. The molecule has 1 aromatic heterocycles. The molecule has 0 bridgehead atoms. The first kappa shape index (κ1) is 23.8. The van der Waals surface area contributed by atoms with Gasteiger partial charge in [0, 0.05) is 55.7 Å². The van der Waals surface area contributed by atoms with Crippen LogP contribution >= 0.6 is 0 Å². The predicted octanol–water partition coefficient (Wildman–Crippen LogP) is 3.51. The Balaban J connectivity index is 1.29. The molecule has 2 aliphatic rings. The Kier molecular flexibility index (Phi) is 6.83. The molecule has 0 radical (unpaired) electrons. The van der Waals surface area contributed by atoms with E-state index in [-0.39, 0.29) is 23.9 Å². The van der Waals surface area contributed by atoms with Gasteiger partial charge in [-0.05, 0) is 55.7 Å². The van der Waals surface area contributed by atoms with Gasteiger partial charge in [0.15, 0.2) is 0 Å². The Bertz CT molecular complexity index is 1300. The van der Waals surface area contributed by atoms with Crippen molar-refractivity contribution in [3.63, 3.8) is 0 Å². The maximum Gasteiger partial charge on any atom is 0.260 e. The van der Waals surface area contributed by atoms with Crippen molar-refractivity contribution >= 4 is 34.1 Å². The molecule has 0 aliphatic carbocycles. The molecule has 2 saturated heterocycles. The van der Waals surface area contributed by atoms with E-state index in [1.807, 2.05) is 54.6 Å². The molecule has 3 heterocycles. The second-order valence-corrected chi connectivity index (χ2v) is 9.50. The Hall–Kier alpha value is -3.96. The molecular weight excluding hydrogens is 452 g/mol. The summed E-state index contributed by atoms with van der Waals surface area (Å²) in [6.45, 7) is 2.59. The average Bonchev–Trinajstić information content (AvgIpc) is 3.58. The van der Waals surface area contributed by atoms with Crippen LogP contribution in [0.15, 0.2) is 60.8 Å². The van der Waals surface area contributed by atoms with Gasteiger partial charge < -0.3 is 15.1 Å².